The van der Waals surface area contributed by atoms with Gasteiger partial charge in [-0.25, -0.2) is 0 Å². The number of benzene rings is 5. The van der Waals surface area contributed by atoms with Crippen molar-refractivity contribution in [3.63, 3.8) is 0 Å². The summed E-state index contributed by atoms with van der Waals surface area (Å²) in [5.74, 6) is 1.23. The van der Waals surface area contributed by atoms with Gasteiger partial charge in [-0.15, -0.1) is 11.3 Å². The van der Waals surface area contributed by atoms with Crippen LogP contribution in [0, 0.1) is 11.8 Å². The minimum absolute atomic E-state index is 0.0871. The zero-order chi connectivity index (χ0) is 28.0. The topological polar surface area (TPSA) is 4.93 Å². The largest absolute Gasteiger partial charge is 0.309 e. The van der Waals surface area contributed by atoms with E-state index < -0.39 is 0 Å². The fourth-order valence-corrected chi connectivity index (χ4v) is 8.23. The molecular formula is C39H35NS. The van der Waals surface area contributed by atoms with Crippen LogP contribution in [-0.4, -0.2) is 4.57 Å². The summed E-state index contributed by atoms with van der Waals surface area (Å²) in [6.45, 7) is 11.6. The first-order chi connectivity index (χ1) is 19.8. The first-order valence-corrected chi connectivity index (χ1v) is 15.7. The van der Waals surface area contributed by atoms with E-state index in [0.717, 1.165) is 6.42 Å². The van der Waals surface area contributed by atoms with Crippen molar-refractivity contribution in [1.82, 2.24) is 4.57 Å². The van der Waals surface area contributed by atoms with Crippen molar-refractivity contribution in [1.29, 1.82) is 0 Å². The van der Waals surface area contributed by atoms with Crippen LogP contribution < -0.4 is 0 Å². The predicted molar refractivity (Wildman–Crippen MR) is 182 cm³/mol. The van der Waals surface area contributed by atoms with E-state index in [-0.39, 0.29) is 5.41 Å². The van der Waals surface area contributed by atoms with Crippen LogP contribution in [0.3, 0.4) is 0 Å². The van der Waals surface area contributed by atoms with Crippen molar-refractivity contribution in [2.24, 2.45) is 11.8 Å². The molecule has 1 atom stereocenters. The molecule has 7 aromatic rings. The fraction of sp³-hybridized carbons (Fsp3) is 0.231. The predicted octanol–water partition coefficient (Wildman–Crippen LogP) is 11.8. The average Bonchev–Trinajstić information content (AvgIpc) is 3.53. The Morgan fingerprint density at radius 1 is 0.780 bits per heavy atom. The lowest BCUT2D eigenvalue weighted by molar-refractivity contribution is 0.468. The molecule has 202 valence electrons. The molecular weight excluding hydrogens is 515 g/mol. The van der Waals surface area contributed by atoms with E-state index in [2.05, 4.69) is 136 Å². The third kappa shape index (κ3) is 3.60. The number of thiophene rings is 1. The number of rotatable bonds is 2. The first kappa shape index (κ1) is 24.9. The van der Waals surface area contributed by atoms with E-state index in [4.69, 9.17) is 0 Å². The van der Waals surface area contributed by atoms with Crippen LogP contribution >= 0.6 is 11.3 Å². The smallest absolute Gasteiger partial charge is 0.0626 e. The number of hydrogen-bond donors (Lipinski definition) is 0. The maximum absolute atomic E-state index is 2.57. The molecule has 2 aromatic heterocycles. The number of allylic oxidation sites excluding steroid dienone is 4. The Bertz CT molecular complexity index is 2240. The molecule has 0 saturated heterocycles. The fourth-order valence-electron chi connectivity index (χ4n) is 7.00. The van der Waals surface area contributed by atoms with E-state index >= 15 is 0 Å². The number of fused-ring (bicyclic) bond motifs is 12. The summed E-state index contributed by atoms with van der Waals surface area (Å²) in [6.07, 6.45) is 8.37. The van der Waals surface area contributed by atoms with Crippen molar-refractivity contribution < 1.29 is 0 Å². The maximum atomic E-state index is 2.57. The molecule has 0 bridgehead atoms. The van der Waals surface area contributed by atoms with Gasteiger partial charge in [-0.05, 0) is 64.3 Å². The van der Waals surface area contributed by atoms with Gasteiger partial charge in [-0.2, -0.15) is 0 Å². The molecule has 1 aliphatic rings. The van der Waals surface area contributed by atoms with Crippen molar-refractivity contribution in [3.8, 4) is 0 Å². The van der Waals surface area contributed by atoms with Crippen LogP contribution in [0.4, 0.5) is 0 Å². The summed E-state index contributed by atoms with van der Waals surface area (Å²) >= 11 is 1.95. The minimum atomic E-state index is 0.0871. The molecule has 5 aromatic carbocycles. The van der Waals surface area contributed by atoms with Gasteiger partial charge in [0.2, 0.25) is 0 Å². The van der Waals surface area contributed by atoms with Crippen molar-refractivity contribution in [2.75, 3.05) is 0 Å². The van der Waals surface area contributed by atoms with Crippen LogP contribution in [0.25, 0.3) is 69.2 Å². The minimum Gasteiger partial charge on any atom is -0.309 e. The molecule has 0 N–H and O–H groups in total. The van der Waals surface area contributed by atoms with Gasteiger partial charge in [0.1, 0.15) is 0 Å². The Balaban J connectivity index is 1.65. The van der Waals surface area contributed by atoms with Crippen LogP contribution in [0.2, 0.25) is 0 Å². The van der Waals surface area contributed by atoms with Crippen LogP contribution in [0.5, 0.6) is 0 Å². The summed E-state index contributed by atoms with van der Waals surface area (Å²) in [4.78, 5) is 0. The van der Waals surface area contributed by atoms with E-state index in [0.29, 0.717) is 11.8 Å². The third-order valence-corrected chi connectivity index (χ3v) is 10.5. The molecule has 0 radical (unpaired) electrons. The number of aromatic nitrogens is 1. The maximum Gasteiger partial charge on any atom is 0.0626 e. The highest BCUT2D eigenvalue weighted by atomic mass is 32.1. The molecule has 1 unspecified atom stereocenters. The van der Waals surface area contributed by atoms with Gasteiger partial charge in [-0.1, -0.05) is 107 Å². The number of nitrogens with zero attached hydrogens (tertiary/aromatic N) is 1. The highest BCUT2D eigenvalue weighted by Crippen LogP contribution is 2.50. The van der Waals surface area contributed by atoms with Gasteiger partial charge < -0.3 is 4.57 Å². The second-order valence-electron chi connectivity index (χ2n) is 13.2. The van der Waals surface area contributed by atoms with Crippen LogP contribution in [0.15, 0.2) is 97.1 Å². The van der Waals surface area contributed by atoms with Gasteiger partial charge in [0.25, 0.3) is 0 Å². The Hall–Kier alpha value is -3.88. The summed E-state index contributed by atoms with van der Waals surface area (Å²) in [5.41, 5.74) is 5.39. The molecule has 1 nitrogen and oxygen atoms in total. The first-order valence-electron chi connectivity index (χ1n) is 14.9. The molecule has 2 heterocycles. The summed E-state index contributed by atoms with van der Waals surface area (Å²) in [5, 5.41) is 10.9. The van der Waals surface area contributed by atoms with Crippen LogP contribution in [-0.2, 0) is 5.41 Å². The molecule has 41 heavy (non-hydrogen) atoms. The summed E-state index contributed by atoms with van der Waals surface area (Å²) < 4.78 is 5.33. The molecule has 0 aliphatic heterocycles. The Kier molecular flexibility index (Phi) is 5.34. The quantitative estimate of drug-likeness (QED) is 0.202. The van der Waals surface area contributed by atoms with Crippen molar-refractivity contribution in [3.05, 3.63) is 103 Å². The highest BCUT2D eigenvalue weighted by Gasteiger charge is 2.25. The van der Waals surface area contributed by atoms with Crippen molar-refractivity contribution >= 4 is 80.6 Å². The Labute approximate surface area is 245 Å². The van der Waals surface area contributed by atoms with Crippen LogP contribution in [0.1, 0.15) is 46.6 Å². The third-order valence-electron chi connectivity index (χ3n) is 9.32. The average molecular weight is 550 g/mol. The normalized spacial score (nSPS) is 16.3. The van der Waals surface area contributed by atoms with Gasteiger partial charge in [0, 0.05) is 47.4 Å². The van der Waals surface area contributed by atoms with E-state index in [1.54, 1.807) is 0 Å². The molecule has 0 fully saturated rings. The highest BCUT2D eigenvalue weighted by molar-refractivity contribution is 7.27. The molecule has 2 heteroatoms. The lowest BCUT2D eigenvalue weighted by atomic mass is 9.86. The Morgan fingerprint density at radius 3 is 2.27 bits per heavy atom. The van der Waals surface area contributed by atoms with Gasteiger partial charge in [0.05, 0.1) is 11.0 Å². The molecule has 8 rings (SSSR count). The van der Waals surface area contributed by atoms with Gasteiger partial charge >= 0.3 is 0 Å². The van der Waals surface area contributed by atoms with Gasteiger partial charge in [0.15, 0.2) is 0 Å². The van der Waals surface area contributed by atoms with Gasteiger partial charge in [-0.3, -0.25) is 0 Å². The van der Waals surface area contributed by atoms with Crippen molar-refractivity contribution in [2.45, 2.75) is 46.5 Å². The zero-order valence-electron chi connectivity index (χ0n) is 24.5. The molecule has 0 spiro atoms. The summed E-state index contributed by atoms with van der Waals surface area (Å²) in [7, 11) is 0. The number of hydrogen-bond acceptors (Lipinski definition) is 1. The monoisotopic (exact) mass is 549 g/mol. The lowest BCUT2D eigenvalue weighted by Gasteiger charge is -2.21. The zero-order valence-corrected chi connectivity index (χ0v) is 25.3. The molecule has 0 amide bonds. The Morgan fingerprint density at radius 2 is 1.54 bits per heavy atom. The van der Waals surface area contributed by atoms with E-state index in [1.165, 1.54) is 74.8 Å². The summed E-state index contributed by atoms with van der Waals surface area (Å²) in [6, 6.07) is 29.8. The van der Waals surface area contributed by atoms with E-state index in [1.807, 2.05) is 11.3 Å². The second-order valence-corrected chi connectivity index (χ2v) is 14.2. The lowest BCUT2D eigenvalue weighted by Crippen LogP contribution is -2.10. The second kappa shape index (κ2) is 8.81. The molecule has 1 aliphatic carbocycles. The SMILES string of the molecule is CC(C)C1C=CC(n2c3ccc4ccccc4c3c3c4c5cc(C(C)(C)C)ccc5sc4c4ccccc4c32)=CC1. The standard InChI is InChI=1S/C39H35NS/c1-23(2)24-14-18-27(19-15-24)40-32-20-16-25-10-6-7-11-28(25)34(32)36-35-31-22-26(39(3,4)5)17-21-33(31)41-38(35)30-13-9-8-12-29(30)37(36)40/h6-14,16-24H,15H2,1-5H3. The van der Waals surface area contributed by atoms with E-state index in [9.17, 15) is 0 Å². The molecule has 0 saturated carbocycles.